The Labute approximate surface area is 214 Å². The summed E-state index contributed by atoms with van der Waals surface area (Å²) < 4.78 is 11.8. The van der Waals surface area contributed by atoms with Crippen molar-refractivity contribution in [2.24, 2.45) is 5.41 Å². The predicted molar refractivity (Wildman–Crippen MR) is 137 cm³/mol. The summed E-state index contributed by atoms with van der Waals surface area (Å²) in [7, 11) is 0. The van der Waals surface area contributed by atoms with Crippen LogP contribution in [0, 0.1) is 5.41 Å². The predicted octanol–water partition coefficient (Wildman–Crippen LogP) is 5.90. The summed E-state index contributed by atoms with van der Waals surface area (Å²) in [5.41, 5.74) is 3.79. The first-order valence-electron chi connectivity index (χ1n) is 11.7. The molecule has 1 atom stereocenters. The average Bonchev–Trinajstić information content (AvgIpc) is 2.79. The number of Topliss-reactive ketones (excluding diaryl/α,β-unsaturated/α-hetero) is 1. The van der Waals surface area contributed by atoms with Gasteiger partial charge in [-0.05, 0) is 64.9 Å². The fourth-order valence-corrected chi connectivity index (χ4v) is 5.33. The van der Waals surface area contributed by atoms with Gasteiger partial charge in [-0.2, -0.15) is 0 Å². The molecule has 2 aliphatic rings. The van der Waals surface area contributed by atoms with Crippen LogP contribution in [-0.2, 0) is 20.9 Å². The molecular formula is C28H30BrNO5. The van der Waals surface area contributed by atoms with Gasteiger partial charge in [-0.3, -0.25) is 4.79 Å². The first-order chi connectivity index (χ1) is 16.6. The van der Waals surface area contributed by atoms with Crippen molar-refractivity contribution >= 4 is 27.7 Å². The van der Waals surface area contributed by atoms with Crippen LogP contribution >= 0.6 is 15.9 Å². The van der Waals surface area contributed by atoms with E-state index in [2.05, 4.69) is 35.1 Å². The number of carbonyl (C=O) groups excluding carboxylic acids is 2. The number of hydrogen-bond acceptors (Lipinski definition) is 6. The minimum atomic E-state index is -0.644. The van der Waals surface area contributed by atoms with Crippen molar-refractivity contribution in [1.82, 2.24) is 5.32 Å². The van der Waals surface area contributed by atoms with Gasteiger partial charge in [-0.15, -0.1) is 0 Å². The van der Waals surface area contributed by atoms with E-state index in [1.165, 1.54) is 0 Å². The summed E-state index contributed by atoms with van der Waals surface area (Å²) in [5.74, 6) is -0.874. The molecule has 35 heavy (non-hydrogen) atoms. The maximum Gasteiger partial charge on any atom is 0.337 e. The Kier molecular flexibility index (Phi) is 7.08. The number of nitrogens with one attached hydrogen (secondary N) is 1. The third kappa shape index (κ3) is 5.15. The third-order valence-corrected chi connectivity index (χ3v) is 6.96. The molecule has 184 valence electrons. The first kappa shape index (κ1) is 25.0. The van der Waals surface area contributed by atoms with Crippen LogP contribution in [0.25, 0.3) is 0 Å². The van der Waals surface area contributed by atoms with Crippen LogP contribution in [0.3, 0.4) is 0 Å². The highest BCUT2D eigenvalue weighted by molar-refractivity contribution is 9.10. The molecule has 0 aromatic heterocycles. The molecule has 2 aromatic carbocycles. The Morgan fingerprint density at radius 1 is 1.20 bits per heavy atom. The number of rotatable bonds is 6. The summed E-state index contributed by atoms with van der Waals surface area (Å²) in [5, 5.41) is 13.8. The van der Waals surface area contributed by atoms with Crippen LogP contribution in [0.4, 0.5) is 0 Å². The second kappa shape index (κ2) is 9.90. The van der Waals surface area contributed by atoms with Gasteiger partial charge in [-0.1, -0.05) is 44.2 Å². The average molecular weight is 540 g/mol. The Balaban J connectivity index is 1.81. The number of ketones is 1. The lowest BCUT2D eigenvalue weighted by Crippen LogP contribution is -2.38. The zero-order valence-corrected chi connectivity index (χ0v) is 22.0. The van der Waals surface area contributed by atoms with Gasteiger partial charge in [0.1, 0.15) is 6.61 Å². The van der Waals surface area contributed by atoms with E-state index in [1.807, 2.05) is 44.2 Å². The molecule has 0 radical (unpaired) electrons. The van der Waals surface area contributed by atoms with Crippen molar-refractivity contribution in [2.75, 3.05) is 6.61 Å². The van der Waals surface area contributed by atoms with Gasteiger partial charge in [0, 0.05) is 29.3 Å². The summed E-state index contributed by atoms with van der Waals surface area (Å²) in [6.45, 7) is 8.28. The van der Waals surface area contributed by atoms with Crippen LogP contribution < -0.4 is 10.1 Å². The van der Waals surface area contributed by atoms with Crippen LogP contribution in [0.1, 0.15) is 57.6 Å². The van der Waals surface area contributed by atoms with Gasteiger partial charge in [0.15, 0.2) is 17.3 Å². The third-order valence-electron chi connectivity index (χ3n) is 6.36. The monoisotopic (exact) mass is 539 g/mol. The van der Waals surface area contributed by atoms with Crippen molar-refractivity contribution in [3.05, 3.63) is 80.6 Å². The molecule has 7 heteroatoms. The maximum atomic E-state index is 13.5. The van der Waals surface area contributed by atoms with Gasteiger partial charge in [0.25, 0.3) is 0 Å². The van der Waals surface area contributed by atoms with Crippen LogP contribution in [0.15, 0.2) is 69.5 Å². The maximum absolute atomic E-state index is 13.5. The molecule has 0 fully saturated rings. The number of hydrogen-bond donors (Lipinski definition) is 2. The standard InChI is InChI=1S/C28H30BrNO5/c1-5-34-22-12-18(11-19(29)26(22)32)24-23(27(33)35-15-17-9-7-6-8-10-17)16(2)30-20-13-28(3,4)14-21(31)25(20)24/h6-12,24,30,32H,5,13-15H2,1-4H3/t24-/m1/s1. The number of phenols is 1. The molecule has 0 unspecified atom stereocenters. The lowest BCUT2D eigenvalue weighted by atomic mass is 9.68. The van der Waals surface area contributed by atoms with E-state index < -0.39 is 11.9 Å². The number of carbonyl (C=O) groups is 2. The number of aromatic hydroxyl groups is 1. The second-order valence-electron chi connectivity index (χ2n) is 9.77. The summed E-state index contributed by atoms with van der Waals surface area (Å²) in [6, 6.07) is 12.9. The van der Waals surface area contributed by atoms with E-state index in [0.717, 1.165) is 11.3 Å². The molecular weight excluding hydrogens is 510 g/mol. The quantitative estimate of drug-likeness (QED) is 0.444. The van der Waals surface area contributed by atoms with Crippen molar-refractivity contribution < 1.29 is 24.2 Å². The van der Waals surface area contributed by atoms with Crippen molar-refractivity contribution in [3.8, 4) is 11.5 Å². The summed E-state index contributed by atoms with van der Waals surface area (Å²) in [6.07, 6.45) is 1.07. The van der Waals surface area contributed by atoms with E-state index in [-0.39, 0.29) is 29.3 Å². The fraction of sp³-hybridized carbons (Fsp3) is 0.357. The Hall–Kier alpha value is -3.06. The van der Waals surface area contributed by atoms with E-state index >= 15 is 0 Å². The number of halogens is 1. The van der Waals surface area contributed by atoms with E-state index in [1.54, 1.807) is 12.1 Å². The smallest absolute Gasteiger partial charge is 0.337 e. The normalized spacial score (nSPS) is 19.2. The van der Waals surface area contributed by atoms with E-state index in [9.17, 15) is 14.7 Å². The molecule has 2 aromatic rings. The highest BCUT2D eigenvalue weighted by atomic mass is 79.9. The van der Waals surface area contributed by atoms with E-state index in [0.29, 0.717) is 46.3 Å². The van der Waals surface area contributed by atoms with Crippen molar-refractivity contribution in [2.45, 2.75) is 53.1 Å². The van der Waals surface area contributed by atoms with E-state index in [4.69, 9.17) is 9.47 Å². The molecule has 0 bridgehead atoms. The molecule has 1 aliphatic carbocycles. The number of dihydropyridines is 1. The number of phenolic OH excluding ortho intramolecular Hbond substituents is 1. The lowest BCUT2D eigenvalue weighted by Gasteiger charge is -2.39. The molecule has 0 saturated heterocycles. The van der Waals surface area contributed by atoms with Gasteiger partial charge in [0.2, 0.25) is 0 Å². The molecule has 1 heterocycles. The SMILES string of the molecule is CCOc1cc([C@@H]2C(C(=O)OCc3ccccc3)=C(C)NC3=C2C(=O)CC(C)(C)C3)cc(Br)c1O. The largest absolute Gasteiger partial charge is 0.503 e. The molecule has 4 rings (SSSR count). The second-order valence-corrected chi connectivity index (χ2v) is 10.6. The van der Waals surface area contributed by atoms with Crippen LogP contribution in [-0.4, -0.2) is 23.5 Å². The van der Waals surface area contributed by atoms with Crippen LogP contribution in [0.2, 0.25) is 0 Å². The Morgan fingerprint density at radius 3 is 2.60 bits per heavy atom. The highest BCUT2D eigenvalue weighted by Gasteiger charge is 2.43. The zero-order valence-electron chi connectivity index (χ0n) is 20.4. The van der Waals surface area contributed by atoms with Crippen molar-refractivity contribution in [3.63, 3.8) is 0 Å². The van der Waals surface area contributed by atoms with Crippen LogP contribution in [0.5, 0.6) is 11.5 Å². The lowest BCUT2D eigenvalue weighted by molar-refractivity contribution is -0.140. The molecule has 6 nitrogen and oxygen atoms in total. The van der Waals surface area contributed by atoms with Gasteiger partial charge in [0.05, 0.1) is 16.7 Å². The Morgan fingerprint density at radius 2 is 1.91 bits per heavy atom. The topological polar surface area (TPSA) is 84.9 Å². The highest BCUT2D eigenvalue weighted by Crippen LogP contribution is 2.49. The Bertz CT molecular complexity index is 1230. The van der Waals surface area contributed by atoms with Gasteiger partial charge in [-0.25, -0.2) is 4.79 Å². The van der Waals surface area contributed by atoms with Gasteiger partial charge < -0.3 is 19.9 Å². The number of esters is 1. The minimum absolute atomic E-state index is 0.00299. The molecule has 0 saturated carbocycles. The van der Waals surface area contributed by atoms with Crippen molar-refractivity contribution in [1.29, 1.82) is 0 Å². The number of ether oxygens (including phenoxy) is 2. The number of allylic oxidation sites excluding steroid dienone is 3. The number of benzene rings is 2. The fourth-order valence-electron chi connectivity index (χ4n) is 4.87. The molecule has 1 aliphatic heterocycles. The van der Waals surface area contributed by atoms with Gasteiger partial charge >= 0.3 is 5.97 Å². The molecule has 0 amide bonds. The minimum Gasteiger partial charge on any atom is -0.503 e. The molecule has 2 N–H and O–H groups in total. The summed E-state index contributed by atoms with van der Waals surface area (Å²) in [4.78, 5) is 27.0. The first-order valence-corrected chi connectivity index (χ1v) is 12.5. The molecule has 0 spiro atoms. The zero-order chi connectivity index (χ0) is 25.3. The summed E-state index contributed by atoms with van der Waals surface area (Å²) >= 11 is 3.41.